The first kappa shape index (κ1) is 12.4. The number of rotatable bonds is 4. The van der Waals surface area contributed by atoms with E-state index in [1.165, 1.54) is 0 Å². The molecule has 0 heterocycles. The van der Waals surface area contributed by atoms with Gasteiger partial charge in [0.15, 0.2) is 0 Å². The first-order valence-corrected chi connectivity index (χ1v) is 2.76. The van der Waals surface area contributed by atoms with Crippen LogP contribution >= 0.6 is 12.4 Å². The highest BCUT2D eigenvalue weighted by atomic mass is 35.5. The maximum atomic E-state index is 9.88. The third kappa shape index (κ3) is 7.68. The van der Waals surface area contributed by atoms with Crippen LogP contribution in [-0.2, 0) is 4.79 Å². The number of hydrogen-bond acceptors (Lipinski definition) is 3. The highest BCUT2D eigenvalue weighted by Gasteiger charge is 2.06. The molecule has 0 aromatic heterocycles. The molecule has 1 unspecified atom stereocenters. The van der Waals surface area contributed by atoms with E-state index in [1.54, 1.807) is 0 Å². The lowest BCUT2D eigenvalue weighted by molar-refractivity contribution is -0.139. The number of hydrogen-bond donors (Lipinski definition) is 3. The summed E-state index contributed by atoms with van der Waals surface area (Å²) in [7, 11) is 0. The summed E-state index contributed by atoms with van der Waals surface area (Å²) in [6.07, 6.45) is -0.642. The van der Waals surface area contributed by atoms with E-state index >= 15 is 0 Å². The second kappa shape index (κ2) is 6.80. The fraction of sp³-hybridized carbons (Fsp3) is 0.800. The van der Waals surface area contributed by atoms with Crippen molar-refractivity contribution in [2.75, 3.05) is 6.54 Å². The van der Waals surface area contributed by atoms with Crippen molar-refractivity contribution in [3.63, 3.8) is 0 Å². The number of carboxylic acid groups (broad SMARTS) is 1. The molecule has 0 saturated carbocycles. The number of aliphatic hydroxyl groups excluding tert-OH is 1. The molecule has 0 saturated heterocycles. The minimum Gasteiger partial charge on any atom is -0.481 e. The number of carboxylic acids is 1. The summed E-state index contributed by atoms with van der Waals surface area (Å²) in [5.74, 6) is -0.990. The molecule has 4 N–H and O–H groups in total. The molecule has 0 aliphatic heterocycles. The molecule has 62 valence electrons. The summed E-state index contributed by atoms with van der Waals surface area (Å²) >= 11 is 0. The van der Waals surface area contributed by atoms with Crippen LogP contribution in [0.4, 0.5) is 0 Å². The van der Waals surface area contributed by atoms with E-state index in [4.69, 9.17) is 15.9 Å². The summed E-state index contributed by atoms with van der Waals surface area (Å²) in [6.45, 7) is 0.328. The number of aliphatic hydroxyl groups is 1. The van der Waals surface area contributed by atoms with Crippen LogP contribution in [0.2, 0.25) is 0 Å². The smallest absolute Gasteiger partial charge is 0.305 e. The molecule has 0 bridgehead atoms. The fourth-order valence-electron chi connectivity index (χ4n) is 0.496. The van der Waals surface area contributed by atoms with Crippen LogP contribution in [0.1, 0.15) is 12.8 Å². The largest absolute Gasteiger partial charge is 0.481 e. The van der Waals surface area contributed by atoms with Gasteiger partial charge in [-0.05, 0) is 13.0 Å². The molecule has 0 aromatic rings. The Labute approximate surface area is 65.4 Å². The van der Waals surface area contributed by atoms with Crippen LogP contribution in [-0.4, -0.2) is 28.8 Å². The average molecular weight is 170 g/mol. The maximum Gasteiger partial charge on any atom is 0.305 e. The van der Waals surface area contributed by atoms with E-state index in [2.05, 4.69) is 0 Å². The van der Waals surface area contributed by atoms with Crippen LogP contribution in [0.5, 0.6) is 0 Å². The van der Waals surface area contributed by atoms with E-state index in [9.17, 15) is 4.79 Å². The zero-order valence-electron chi connectivity index (χ0n) is 5.49. The number of carbonyl (C=O) groups is 1. The van der Waals surface area contributed by atoms with E-state index in [0.29, 0.717) is 13.0 Å². The number of nitrogens with two attached hydrogens (primary N) is 1. The minimum absolute atomic E-state index is 0. The van der Waals surface area contributed by atoms with Gasteiger partial charge >= 0.3 is 5.97 Å². The summed E-state index contributed by atoms with van der Waals surface area (Å²) in [4.78, 5) is 9.88. The molecule has 5 heteroatoms. The Kier molecular flexibility index (Phi) is 8.40. The number of aliphatic carboxylic acids is 1. The maximum absolute atomic E-state index is 9.88. The Balaban J connectivity index is 0. The van der Waals surface area contributed by atoms with Gasteiger partial charge in [-0.25, -0.2) is 0 Å². The third-order valence-corrected chi connectivity index (χ3v) is 0.910. The Hall–Kier alpha value is -0.320. The highest BCUT2D eigenvalue weighted by Crippen LogP contribution is 1.94. The minimum atomic E-state index is -0.990. The van der Waals surface area contributed by atoms with Crippen LogP contribution in [0.15, 0.2) is 0 Å². The first-order chi connectivity index (χ1) is 4.16. The van der Waals surface area contributed by atoms with Crippen molar-refractivity contribution in [1.29, 1.82) is 0 Å². The molecular formula is C5H12ClNO3. The molecule has 0 fully saturated rings. The summed E-state index contributed by atoms with van der Waals surface area (Å²) in [6, 6.07) is 0. The topological polar surface area (TPSA) is 83.5 Å². The Bertz CT molecular complexity index is 98.9. The van der Waals surface area contributed by atoms with Crippen molar-refractivity contribution in [1.82, 2.24) is 0 Å². The zero-order chi connectivity index (χ0) is 7.28. The van der Waals surface area contributed by atoms with Gasteiger partial charge in [0.2, 0.25) is 0 Å². The van der Waals surface area contributed by atoms with Crippen molar-refractivity contribution in [3.05, 3.63) is 0 Å². The van der Waals surface area contributed by atoms with Crippen molar-refractivity contribution in [3.8, 4) is 0 Å². The molecule has 0 aliphatic carbocycles. The van der Waals surface area contributed by atoms with Gasteiger partial charge in [0, 0.05) is 0 Å². The first-order valence-electron chi connectivity index (χ1n) is 2.76. The van der Waals surface area contributed by atoms with Gasteiger partial charge in [0.05, 0.1) is 12.5 Å². The lowest BCUT2D eigenvalue weighted by Crippen LogP contribution is -2.17. The lowest BCUT2D eigenvalue weighted by Gasteiger charge is -2.03. The monoisotopic (exact) mass is 169 g/mol. The predicted octanol–water partition coefficient (Wildman–Crippen LogP) is -0.407. The molecule has 0 rings (SSSR count). The van der Waals surface area contributed by atoms with Crippen molar-refractivity contribution in [2.24, 2.45) is 5.73 Å². The average Bonchev–Trinajstić information content (AvgIpc) is 1.63. The molecule has 0 radical (unpaired) electrons. The molecule has 0 amide bonds. The zero-order valence-corrected chi connectivity index (χ0v) is 6.30. The van der Waals surface area contributed by atoms with E-state index in [-0.39, 0.29) is 18.8 Å². The van der Waals surface area contributed by atoms with Gasteiger partial charge in [-0.2, -0.15) is 0 Å². The second-order valence-electron chi connectivity index (χ2n) is 1.83. The molecule has 0 aliphatic rings. The third-order valence-electron chi connectivity index (χ3n) is 0.910. The summed E-state index contributed by atoms with van der Waals surface area (Å²) in [5, 5.41) is 16.9. The molecule has 4 nitrogen and oxygen atoms in total. The highest BCUT2D eigenvalue weighted by molar-refractivity contribution is 5.85. The normalized spacial score (nSPS) is 11.8. The van der Waals surface area contributed by atoms with E-state index in [0.717, 1.165) is 0 Å². The quantitative estimate of drug-likeness (QED) is 0.535. The van der Waals surface area contributed by atoms with Gasteiger partial charge in [-0.15, -0.1) is 12.4 Å². The Morgan fingerprint density at radius 3 is 2.40 bits per heavy atom. The van der Waals surface area contributed by atoms with Crippen LogP contribution < -0.4 is 5.73 Å². The van der Waals surface area contributed by atoms with Crippen molar-refractivity contribution in [2.45, 2.75) is 18.9 Å². The van der Waals surface area contributed by atoms with Crippen LogP contribution in [0.3, 0.4) is 0 Å². The molecule has 10 heavy (non-hydrogen) atoms. The second-order valence-corrected chi connectivity index (χ2v) is 1.83. The van der Waals surface area contributed by atoms with Crippen LogP contribution in [0, 0.1) is 0 Å². The fourth-order valence-corrected chi connectivity index (χ4v) is 0.496. The number of halogens is 1. The van der Waals surface area contributed by atoms with Crippen LogP contribution in [0.25, 0.3) is 0 Å². The predicted molar refractivity (Wildman–Crippen MR) is 39.2 cm³/mol. The SMILES string of the molecule is Cl.NCCC(O)CC(=O)O. The van der Waals surface area contributed by atoms with Crippen molar-refractivity contribution >= 4 is 18.4 Å². The van der Waals surface area contributed by atoms with E-state index in [1.807, 2.05) is 0 Å². The van der Waals surface area contributed by atoms with Gasteiger partial charge in [0.25, 0.3) is 0 Å². The standard InChI is InChI=1S/C5H11NO3.ClH/c6-2-1-4(7)3-5(8)9;/h4,7H,1-3,6H2,(H,8,9);1H. The van der Waals surface area contributed by atoms with Gasteiger partial charge < -0.3 is 15.9 Å². The Morgan fingerprint density at radius 1 is 1.60 bits per heavy atom. The molecular weight excluding hydrogens is 158 g/mol. The molecule has 0 aromatic carbocycles. The summed E-state index contributed by atoms with van der Waals surface area (Å²) in [5.41, 5.74) is 5.05. The van der Waals surface area contributed by atoms with Crippen molar-refractivity contribution < 1.29 is 15.0 Å². The van der Waals surface area contributed by atoms with Gasteiger partial charge in [-0.1, -0.05) is 0 Å². The van der Waals surface area contributed by atoms with Gasteiger partial charge in [0.1, 0.15) is 0 Å². The molecule has 0 spiro atoms. The van der Waals surface area contributed by atoms with E-state index < -0.39 is 12.1 Å². The van der Waals surface area contributed by atoms with Gasteiger partial charge in [-0.3, -0.25) is 4.79 Å². The lowest BCUT2D eigenvalue weighted by atomic mass is 10.2. The Morgan fingerprint density at radius 2 is 2.10 bits per heavy atom. The molecule has 1 atom stereocenters. The summed E-state index contributed by atoms with van der Waals surface area (Å²) < 4.78 is 0.